The summed E-state index contributed by atoms with van der Waals surface area (Å²) in [5, 5.41) is 5.90. The number of amides is 1. The van der Waals surface area contributed by atoms with Crippen molar-refractivity contribution < 1.29 is 4.79 Å². The largest absolute Gasteiger partial charge is 0.352 e. The van der Waals surface area contributed by atoms with Crippen molar-refractivity contribution in [3.63, 3.8) is 0 Å². The van der Waals surface area contributed by atoms with Crippen molar-refractivity contribution >= 4 is 12.0 Å². The van der Waals surface area contributed by atoms with Crippen molar-refractivity contribution in [3.05, 3.63) is 52.4 Å². The summed E-state index contributed by atoms with van der Waals surface area (Å²) >= 11 is 0. The number of hydrogen-bond acceptors (Lipinski definition) is 2. The molecule has 5 nitrogen and oxygen atoms in total. The fourth-order valence-corrected chi connectivity index (χ4v) is 1.07. The number of nitrogens with one attached hydrogen (secondary N) is 1. The minimum Gasteiger partial charge on any atom is -0.352 e. The van der Waals surface area contributed by atoms with Gasteiger partial charge < -0.3 is 5.32 Å². The predicted octanol–water partition coefficient (Wildman–Crippen LogP) is 2.13. The fourth-order valence-electron chi connectivity index (χ4n) is 1.07. The molecule has 1 rings (SSSR count). The van der Waals surface area contributed by atoms with Crippen LogP contribution >= 0.6 is 0 Å². The Morgan fingerprint density at radius 1 is 1.44 bits per heavy atom. The van der Waals surface area contributed by atoms with E-state index < -0.39 is 0 Å². The summed E-state index contributed by atoms with van der Waals surface area (Å²) in [4.78, 5) is 13.8. The van der Waals surface area contributed by atoms with E-state index in [1.165, 1.54) is 6.08 Å². The van der Waals surface area contributed by atoms with Crippen LogP contribution in [0.5, 0.6) is 0 Å². The Balaban J connectivity index is 2.34. The lowest BCUT2D eigenvalue weighted by molar-refractivity contribution is -0.116. The molecule has 0 bridgehead atoms. The summed E-state index contributed by atoms with van der Waals surface area (Å²) in [5.74, 6) is -0.197. The van der Waals surface area contributed by atoms with Gasteiger partial charge in [0.15, 0.2) is 0 Å². The molecule has 1 aromatic carbocycles. The molecule has 0 heterocycles. The number of nitrogens with zero attached hydrogens (tertiary/aromatic N) is 3. The zero-order valence-corrected chi connectivity index (χ0v) is 8.71. The molecule has 0 aliphatic rings. The van der Waals surface area contributed by atoms with Crippen LogP contribution in [0.1, 0.15) is 5.56 Å². The quantitative estimate of drug-likeness (QED) is 0.264. The van der Waals surface area contributed by atoms with Gasteiger partial charge in [0.1, 0.15) is 0 Å². The maximum absolute atomic E-state index is 11.2. The lowest BCUT2D eigenvalue weighted by Gasteiger charge is -1.97. The highest BCUT2D eigenvalue weighted by Gasteiger charge is 1.92. The first kappa shape index (κ1) is 11.8. The van der Waals surface area contributed by atoms with E-state index in [-0.39, 0.29) is 12.5 Å². The van der Waals surface area contributed by atoms with E-state index in [1.807, 2.05) is 30.3 Å². The molecule has 0 fully saturated rings. The lowest BCUT2D eigenvalue weighted by atomic mass is 10.2. The van der Waals surface area contributed by atoms with Crippen molar-refractivity contribution in [1.82, 2.24) is 5.32 Å². The lowest BCUT2D eigenvalue weighted by Crippen LogP contribution is -2.23. The van der Waals surface area contributed by atoms with E-state index in [4.69, 9.17) is 5.53 Å². The van der Waals surface area contributed by atoms with Gasteiger partial charge in [-0.1, -0.05) is 35.4 Å². The van der Waals surface area contributed by atoms with Crippen LogP contribution in [0.2, 0.25) is 0 Å². The van der Waals surface area contributed by atoms with Gasteiger partial charge in [0.25, 0.3) is 0 Å². The van der Waals surface area contributed by atoms with Gasteiger partial charge in [0, 0.05) is 24.1 Å². The van der Waals surface area contributed by atoms with E-state index >= 15 is 0 Å². The van der Waals surface area contributed by atoms with Crippen LogP contribution in [-0.2, 0) is 4.79 Å². The zero-order valence-electron chi connectivity index (χ0n) is 8.71. The van der Waals surface area contributed by atoms with Gasteiger partial charge in [0.05, 0.1) is 0 Å². The Hall–Kier alpha value is -2.26. The molecule has 0 aliphatic carbocycles. The molecule has 0 saturated carbocycles. The first-order valence-corrected chi connectivity index (χ1v) is 4.85. The standard InChI is InChI=1S/C11H12N4O/c12-15-14-9-8-13-11(16)7-6-10-4-2-1-3-5-10/h1-7H,8-9H2,(H,13,16). The van der Waals surface area contributed by atoms with Crippen molar-refractivity contribution in [1.29, 1.82) is 0 Å². The summed E-state index contributed by atoms with van der Waals surface area (Å²) in [6.45, 7) is 0.615. The van der Waals surface area contributed by atoms with Crippen LogP contribution in [0.3, 0.4) is 0 Å². The summed E-state index contributed by atoms with van der Waals surface area (Å²) < 4.78 is 0. The normalized spacial score (nSPS) is 9.75. The molecule has 0 radical (unpaired) electrons. The average Bonchev–Trinajstić information content (AvgIpc) is 2.33. The second-order valence-corrected chi connectivity index (χ2v) is 2.99. The van der Waals surface area contributed by atoms with Crippen molar-refractivity contribution in [2.45, 2.75) is 0 Å². The Labute approximate surface area is 93.4 Å². The number of rotatable bonds is 5. The highest BCUT2D eigenvalue weighted by Crippen LogP contribution is 2.00. The third-order valence-corrected chi connectivity index (χ3v) is 1.80. The van der Waals surface area contributed by atoms with Gasteiger partial charge in [-0.05, 0) is 17.2 Å². The number of benzene rings is 1. The average molecular weight is 216 g/mol. The maximum atomic E-state index is 11.2. The minimum absolute atomic E-state index is 0.197. The van der Waals surface area contributed by atoms with E-state index in [0.29, 0.717) is 6.54 Å². The molecule has 0 spiro atoms. The molecule has 82 valence electrons. The van der Waals surface area contributed by atoms with Gasteiger partial charge in [-0.2, -0.15) is 0 Å². The SMILES string of the molecule is [N-]=[N+]=NCCNC(=O)C=Cc1ccccc1. The monoisotopic (exact) mass is 216 g/mol. The van der Waals surface area contributed by atoms with Gasteiger partial charge in [-0.3, -0.25) is 4.79 Å². The highest BCUT2D eigenvalue weighted by molar-refractivity contribution is 5.91. The van der Waals surface area contributed by atoms with E-state index in [9.17, 15) is 4.79 Å². The summed E-state index contributed by atoms with van der Waals surface area (Å²) in [5.41, 5.74) is 8.98. The second kappa shape index (κ2) is 7.09. The van der Waals surface area contributed by atoms with E-state index in [0.717, 1.165) is 5.56 Å². The summed E-state index contributed by atoms with van der Waals surface area (Å²) in [7, 11) is 0. The second-order valence-electron chi connectivity index (χ2n) is 2.99. The fraction of sp³-hybridized carbons (Fsp3) is 0.182. The van der Waals surface area contributed by atoms with Crippen molar-refractivity contribution in [2.75, 3.05) is 13.1 Å². The van der Waals surface area contributed by atoms with Crippen LogP contribution in [-0.4, -0.2) is 19.0 Å². The van der Waals surface area contributed by atoms with Crippen LogP contribution in [0, 0.1) is 0 Å². The van der Waals surface area contributed by atoms with Crippen molar-refractivity contribution in [3.8, 4) is 0 Å². The van der Waals surface area contributed by atoms with Crippen LogP contribution < -0.4 is 5.32 Å². The smallest absolute Gasteiger partial charge is 0.243 e. The third kappa shape index (κ3) is 4.83. The molecule has 0 saturated heterocycles. The van der Waals surface area contributed by atoms with Gasteiger partial charge in [0.2, 0.25) is 5.91 Å². The number of hydrogen-bond donors (Lipinski definition) is 1. The van der Waals surface area contributed by atoms with Crippen LogP contribution in [0.25, 0.3) is 16.5 Å². The van der Waals surface area contributed by atoms with E-state index in [1.54, 1.807) is 6.08 Å². The molecule has 1 aromatic rings. The van der Waals surface area contributed by atoms with Gasteiger partial charge in [-0.25, -0.2) is 0 Å². The molecule has 0 atom stereocenters. The summed E-state index contributed by atoms with van der Waals surface area (Å²) in [6, 6.07) is 9.53. The summed E-state index contributed by atoms with van der Waals surface area (Å²) in [6.07, 6.45) is 3.17. The Morgan fingerprint density at radius 2 is 2.19 bits per heavy atom. The van der Waals surface area contributed by atoms with E-state index in [2.05, 4.69) is 15.3 Å². The molecule has 16 heavy (non-hydrogen) atoms. The number of carbonyl (C=O) groups excluding carboxylic acids is 1. The van der Waals surface area contributed by atoms with Crippen LogP contribution in [0.4, 0.5) is 0 Å². The number of carbonyl (C=O) groups is 1. The molecule has 0 aliphatic heterocycles. The molecular formula is C11H12N4O. The maximum Gasteiger partial charge on any atom is 0.243 e. The topological polar surface area (TPSA) is 77.9 Å². The molecule has 1 N–H and O–H groups in total. The molecular weight excluding hydrogens is 204 g/mol. The molecule has 5 heteroatoms. The molecule has 0 unspecified atom stereocenters. The minimum atomic E-state index is -0.197. The van der Waals surface area contributed by atoms with Crippen molar-refractivity contribution in [2.24, 2.45) is 5.11 Å². The Kier molecular flexibility index (Phi) is 5.23. The first-order chi connectivity index (χ1) is 7.83. The van der Waals surface area contributed by atoms with Gasteiger partial charge >= 0.3 is 0 Å². The number of azide groups is 1. The predicted molar refractivity (Wildman–Crippen MR) is 62.5 cm³/mol. The highest BCUT2D eigenvalue weighted by atomic mass is 16.1. The third-order valence-electron chi connectivity index (χ3n) is 1.80. The molecule has 1 amide bonds. The van der Waals surface area contributed by atoms with Crippen LogP contribution in [0.15, 0.2) is 41.5 Å². The first-order valence-electron chi connectivity index (χ1n) is 4.85. The zero-order chi connectivity index (χ0) is 11.6. The molecule has 0 aromatic heterocycles. The Morgan fingerprint density at radius 3 is 2.88 bits per heavy atom. The Bertz CT molecular complexity index is 407. The van der Waals surface area contributed by atoms with Gasteiger partial charge in [-0.15, -0.1) is 0 Å².